The molecule has 1 saturated carbocycles. The van der Waals surface area contributed by atoms with Crippen LogP contribution in [0.4, 0.5) is 16.2 Å². The van der Waals surface area contributed by atoms with Gasteiger partial charge in [0.1, 0.15) is 11.6 Å². The molecule has 1 heterocycles. The second kappa shape index (κ2) is 8.79. The van der Waals surface area contributed by atoms with E-state index < -0.39 is 0 Å². The first-order valence-corrected chi connectivity index (χ1v) is 9.30. The van der Waals surface area contributed by atoms with Gasteiger partial charge in [0.25, 0.3) is 0 Å². The zero-order chi connectivity index (χ0) is 17.5. The van der Waals surface area contributed by atoms with Crippen molar-refractivity contribution in [2.75, 3.05) is 17.2 Å². The lowest BCUT2D eigenvalue weighted by Crippen LogP contribution is -2.20. The first kappa shape index (κ1) is 17.6. The van der Waals surface area contributed by atoms with Crippen LogP contribution < -0.4 is 10.6 Å². The van der Waals surface area contributed by atoms with Crippen LogP contribution >= 0.6 is 0 Å². The summed E-state index contributed by atoms with van der Waals surface area (Å²) in [5, 5.41) is 6.79. The molecule has 0 bridgehead atoms. The minimum atomic E-state index is -0.162. The van der Waals surface area contributed by atoms with E-state index in [1.807, 2.05) is 25.1 Å². The van der Waals surface area contributed by atoms with E-state index in [-0.39, 0.29) is 5.82 Å². The Kier molecular flexibility index (Phi) is 6.20. The number of nitrogens with zero attached hydrogens (tertiary/aromatic N) is 2. The molecule has 1 aromatic heterocycles. The summed E-state index contributed by atoms with van der Waals surface area (Å²) in [7, 11) is 0. The van der Waals surface area contributed by atoms with Crippen molar-refractivity contribution in [2.45, 2.75) is 57.9 Å². The standard InChI is InChI=1S/C20H27FN4/c1-15-14-19(24-17-9-4-2-3-5-10-17)25-20(23-15)22-13-12-16-8-6-7-11-18(16)21/h6-8,11,14,17H,2-5,9-10,12-13H2,1H3,(H2,22,23,24,25). The second-order valence-corrected chi connectivity index (χ2v) is 6.82. The van der Waals surface area contributed by atoms with Gasteiger partial charge in [-0.25, -0.2) is 9.37 Å². The molecule has 5 heteroatoms. The van der Waals surface area contributed by atoms with Gasteiger partial charge in [0.15, 0.2) is 0 Å². The van der Waals surface area contributed by atoms with Crippen molar-refractivity contribution in [3.05, 3.63) is 47.4 Å². The number of anilines is 2. The second-order valence-electron chi connectivity index (χ2n) is 6.82. The summed E-state index contributed by atoms with van der Waals surface area (Å²) >= 11 is 0. The van der Waals surface area contributed by atoms with E-state index in [0.29, 0.717) is 30.5 Å². The Hall–Kier alpha value is -2.17. The van der Waals surface area contributed by atoms with Crippen molar-refractivity contribution >= 4 is 11.8 Å². The summed E-state index contributed by atoms with van der Waals surface area (Å²) in [4.78, 5) is 9.03. The lowest BCUT2D eigenvalue weighted by Gasteiger charge is -2.17. The normalized spacial score (nSPS) is 15.6. The number of rotatable bonds is 6. The predicted molar refractivity (Wildman–Crippen MR) is 100 cm³/mol. The van der Waals surface area contributed by atoms with Crippen LogP contribution in [0.15, 0.2) is 30.3 Å². The topological polar surface area (TPSA) is 49.8 Å². The van der Waals surface area contributed by atoms with E-state index in [1.54, 1.807) is 6.07 Å². The van der Waals surface area contributed by atoms with Gasteiger partial charge in [0.05, 0.1) is 0 Å². The number of halogens is 1. The van der Waals surface area contributed by atoms with E-state index in [0.717, 1.165) is 11.5 Å². The number of aryl methyl sites for hydroxylation is 1. The third kappa shape index (κ3) is 5.41. The zero-order valence-electron chi connectivity index (χ0n) is 14.9. The Labute approximate surface area is 149 Å². The maximum atomic E-state index is 13.7. The van der Waals surface area contributed by atoms with Gasteiger partial charge in [-0.3, -0.25) is 0 Å². The third-order valence-electron chi connectivity index (χ3n) is 4.70. The van der Waals surface area contributed by atoms with Gasteiger partial charge in [-0.05, 0) is 37.8 Å². The predicted octanol–water partition coefficient (Wildman–Crippen LogP) is 4.71. The molecule has 25 heavy (non-hydrogen) atoms. The van der Waals surface area contributed by atoms with Crippen molar-refractivity contribution in [1.82, 2.24) is 9.97 Å². The average Bonchev–Trinajstić information content (AvgIpc) is 2.85. The van der Waals surface area contributed by atoms with Crippen LogP contribution in [0, 0.1) is 12.7 Å². The average molecular weight is 342 g/mol. The molecular formula is C20H27FN4. The molecule has 0 amide bonds. The minimum Gasteiger partial charge on any atom is -0.367 e. The summed E-state index contributed by atoms with van der Waals surface area (Å²) in [6, 6.07) is 9.37. The molecule has 0 aliphatic heterocycles. The number of hydrogen-bond donors (Lipinski definition) is 2. The summed E-state index contributed by atoms with van der Waals surface area (Å²) in [6.45, 7) is 2.58. The SMILES string of the molecule is Cc1cc(NC2CCCCCC2)nc(NCCc2ccccc2F)n1. The highest BCUT2D eigenvalue weighted by Crippen LogP contribution is 2.21. The monoisotopic (exact) mass is 342 g/mol. The van der Waals surface area contributed by atoms with Gasteiger partial charge in [0.2, 0.25) is 5.95 Å². The minimum absolute atomic E-state index is 0.162. The smallest absolute Gasteiger partial charge is 0.224 e. The molecular weight excluding hydrogens is 315 g/mol. The molecule has 2 aromatic rings. The molecule has 134 valence electrons. The fraction of sp³-hybridized carbons (Fsp3) is 0.500. The molecule has 1 aromatic carbocycles. The molecule has 0 unspecified atom stereocenters. The van der Waals surface area contributed by atoms with Crippen molar-refractivity contribution in [1.29, 1.82) is 0 Å². The molecule has 3 rings (SSSR count). The van der Waals surface area contributed by atoms with E-state index in [9.17, 15) is 4.39 Å². The first-order chi connectivity index (χ1) is 12.2. The van der Waals surface area contributed by atoms with Crippen LogP contribution in [0.3, 0.4) is 0 Å². The van der Waals surface area contributed by atoms with Gasteiger partial charge in [-0.1, -0.05) is 43.9 Å². The lowest BCUT2D eigenvalue weighted by atomic mass is 10.1. The quantitative estimate of drug-likeness (QED) is 0.746. The highest BCUT2D eigenvalue weighted by Gasteiger charge is 2.13. The molecule has 0 saturated heterocycles. The van der Waals surface area contributed by atoms with Crippen LogP contribution in [-0.2, 0) is 6.42 Å². The van der Waals surface area contributed by atoms with E-state index >= 15 is 0 Å². The Balaban J connectivity index is 1.58. The van der Waals surface area contributed by atoms with Gasteiger partial charge < -0.3 is 10.6 Å². The largest absolute Gasteiger partial charge is 0.367 e. The maximum absolute atomic E-state index is 13.7. The summed E-state index contributed by atoms with van der Waals surface area (Å²) in [6.07, 6.45) is 8.27. The summed E-state index contributed by atoms with van der Waals surface area (Å²) in [5.41, 5.74) is 1.64. The Bertz CT molecular complexity index is 681. The molecule has 0 radical (unpaired) electrons. The van der Waals surface area contributed by atoms with Crippen LogP contribution in [0.5, 0.6) is 0 Å². The number of benzene rings is 1. The Morgan fingerprint density at radius 3 is 2.60 bits per heavy atom. The van der Waals surface area contributed by atoms with Crippen LogP contribution in [-0.4, -0.2) is 22.6 Å². The fourth-order valence-electron chi connectivity index (χ4n) is 3.36. The highest BCUT2D eigenvalue weighted by atomic mass is 19.1. The van der Waals surface area contributed by atoms with E-state index in [4.69, 9.17) is 0 Å². The maximum Gasteiger partial charge on any atom is 0.224 e. The third-order valence-corrected chi connectivity index (χ3v) is 4.70. The van der Waals surface area contributed by atoms with Gasteiger partial charge in [-0.2, -0.15) is 4.98 Å². The Morgan fingerprint density at radius 1 is 1.08 bits per heavy atom. The van der Waals surface area contributed by atoms with Crippen LogP contribution in [0.2, 0.25) is 0 Å². The van der Waals surface area contributed by atoms with Gasteiger partial charge in [-0.15, -0.1) is 0 Å². The van der Waals surface area contributed by atoms with Crippen LogP contribution in [0.25, 0.3) is 0 Å². The molecule has 1 aliphatic carbocycles. The number of nitrogens with one attached hydrogen (secondary N) is 2. The van der Waals surface area contributed by atoms with Gasteiger partial charge >= 0.3 is 0 Å². The molecule has 4 nitrogen and oxygen atoms in total. The van der Waals surface area contributed by atoms with Crippen molar-refractivity contribution in [2.24, 2.45) is 0 Å². The molecule has 1 fully saturated rings. The molecule has 0 atom stereocenters. The highest BCUT2D eigenvalue weighted by molar-refractivity contribution is 5.43. The zero-order valence-corrected chi connectivity index (χ0v) is 14.9. The number of hydrogen-bond acceptors (Lipinski definition) is 4. The molecule has 1 aliphatic rings. The van der Waals surface area contributed by atoms with E-state index in [2.05, 4.69) is 20.6 Å². The van der Waals surface area contributed by atoms with Gasteiger partial charge in [0, 0.05) is 24.3 Å². The van der Waals surface area contributed by atoms with Crippen molar-refractivity contribution in [3.63, 3.8) is 0 Å². The van der Waals surface area contributed by atoms with Crippen molar-refractivity contribution in [3.8, 4) is 0 Å². The van der Waals surface area contributed by atoms with Crippen molar-refractivity contribution < 1.29 is 4.39 Å². The first-order valence-electron chi connectivity index (χ1n) is 9.30. The number of aromatic nitrogens is 2. The Morgan fingerprint density at radius 2 is 1.84 bits per heavy atom. The fourth-order valence-corrected chi connectivity index (χ4v) is 3.36. The van der Waals surface area contributed by atoms with E-state index in [1.165, 1.54) is 44.6 Å². The molecule has 2 N–H and O–H groups in total. The molecule has 0 spiro atoms. The summed E-state index contributed by atoms with van der Waals surface area (Å²) < 4.78 is 13.7. The van der Waals surface area contributed by atoms with Crippen LogP contribution in [0.1, 0.15) is 49.8 Å². The summed E-state index contributed by atoms with van der Waals surface area (Å²) in [5.74, 6) is 1.32. The lowest BCUT2D eigenvalue weighted by molar-refractivity contribution is 0.610.